The lowest BCUT2D eigenvalue weighted by molar-refractivity contribution is -0.161. The summed E-state index contributed by atoms with van der Waals surface area (Å²) in [6.07, 6.45) is -2.98. The fourth-order valence-electron chi connectivity index (χ4n) is 0.840. The van der Waals surface area contributed by atoms with E-state index in [0.717, 1.165) is 0 Å². The van der Waals surface area contributed by atoms with Crippen LogP contribution in [0.3, 0.4) is 0 Å². The number of hydrogen-bond donors (Lipinski definition) is 3. The number of halogens is 1. The fraction of sp³-hybridized carbons (Fsp3) is 0.800. The van der Waals surface area contributed by atoms with Gasteiger partial charge in [-0.3, -0.25) is 4.79 Å². The van der Waals surface area contributed by atoms with Gasteiger partial charge in [0.25, 0.3) is 0 Å². The fourth-order valence-corrected chi connectivity index (χ4v) is 1.32. The summed E-state index contributed by atoms with van der Waals surface area (Å²) >= 11 is 0. The van der Waals surface area contributed by atoms with Crippen molar-refractivity contribution in [2.75, 3.05) is 19.5 Å². The van der Waals surface area contributed by atoms with Crippen molar-refractivity contribution in [3.8, 4) is 0 Å². The third-order valence-corrected chi connectivity index (χ3v) is 2.54. The van der Waals surface area contributed by atoms with Gasteiger partial charge in [0.2, 0.25) is 6.79 Å². The molecule has 0 saturated heterocycles. The van der Waals surface area contributed by atoms with Gasteiger partial charge in [-0.1, -0.05) is 0 Å². The van der Waals surface area contributed by atoms with Crippen LogP contribution in [0.5, 0.6) is 0 Å². The molecule has 1 atom stereocenters. The first-order chi connectivity index (χ1) is 8.62. The van der Waals surface area contributed by atoms with E-state index in [-0.39, 0.29) is 0 Å². The second kappa shape index (κ2) is 8.24. The number of esters is 1. The minimum Gasteiger partial charge on any atom is -0.427 e. The van der Waals surface area contributed by atoms with Crippen molar-refractivity contribution >= 4 is 20.4 Å². The van der Waals surface area contributed by atoms with Crippen LogP contribution >= 0.6 is 8.38 Å². The average molecular weight is 299 g/mol. The number of carbonyl (C=O) groups excluding carboxylic acids is 2. The molecule has 0 radical (unpaired) electrons. The molecule has 0 unspecified atom stereocenters. The minimum atomic E-state index is -2.34. The van der Waals surface area contributed by atoms with Crippen molar-refractivity contribution in [1.82, 2.24) is 5.32 Å². The number of carbonyl (C=O) groups is 2. The Morgan fingerprint density at radius 1 is 1.32 bits per heavy atom. The maximum Gasteiger partial charge on any atom is 0.410 e. The molecule has 0 aliphatic heterocycles. The third-order valence-electron chi connectivity index (χ3n) is 1.82. The molecule has 0 fully saturated rings. The first-order valence-electron chi connectivity index (χ1n) is 5.50. The van der Waals surface area contributed by atoms with E-state index in [1.165, 1.54) is 0 Å². The topological polar surface area (TPSA) is 105 Å². The first-order valence-corrected chi connectivity index (χ1v) is 6.93. The van der Waals surface area contributed by atoms with Gasteiger partial charge in [-0.05, 0) is 20.8 Å². The number of hydrogen-bond acceptors (Lipinski definition) is 6. The van der Waals surface area contributed by atoms with Crippen molar-refractivity contribution in [2.45, 2.75) is 26.9 Å². The van der Waals surface area contributed by atoms with Crippen molar-refractivity contribution in [3.05, 3.63) is 0 Å². The monoisotopic (exact) mass is 299 g/mol. The standard InChI is InChI=1S/C10H19FNO6P/c1-10(2,3)8(13)17-6-18-9(14)12-4-7(11)5-19(15)16/h7,15-16H,4-6H2,1-3H3,(H,12,14)/t7-/m0/s1. The van der Waals surface area contributed by atoms with E-state index in [4.69, 9.17) is 9.79 Å². The Bertz CT molecular complexity index is 307. The van der Waals surface area contributed by atoms with Crippen molar-refractivity contribution in [2.24, 2.45) is 5.41 Å². The summed E-state index contributed by atoms with van der Waals surface area (Å²) in [7, 11) is -2.34. The van der Waals surface area contributed by atoms with Crippen LogP contribution in [0.15, 0.2) is 0 Å². The molecule has 0 heterocycles. The summed E-state index contributed by atoms with van der Waals surface area (Å²) in [4.78, 5) is 39.4. The molecule has 19 heavy (non-hydrogen) atoms. The van der Waals surface area contributed by atoms with E-state index in [2.05, 4.69) is 14.8 Å². The van der Waals surface area contributed by atoms with Crippen LogP contribution in [0.25, 0.3) is 0 Å². The predicted octanol–water partition coefficient (Wildman–Crippen LogP) is 0.894. The first kappa shape index (κ1) is 18.0. The van der Waals surface area contributed by atoms with Crippen molar-refractivity contribution < 1.29 is 33.2 Å². The highest BCUT2D eigenvalue weighted by Crippen LogP contribution is 2.24. The van der Waals surface area contributed by atoms with Crippen LogP contribution in [0.2, 0.25) is 0 Å². The molecule has 9 heteroatoms. The Balaban J connectivity index is 3.74. The lowest BCUT2D eigenvalue weighted by Gasteiger charge is -2.16. The van der Waals surface area contributed by atoms with Gasteiger partial charge in [0, 0.05) is 0 Å². The Morgan fingerprint density at radius 3 is 2.37 bits per heavy atom. The van der Waals surface area contributed by atoms with Gasteiger partial charge in [-0.25, -0.2) is 9.18 Å². The van der Waals surface area contributed by atoms with E-state index in [0.29, 0.717) is 0 Å². The zero-order valence-electron chi connectivity index (χ0n) is 11.1. The highest BCUT2D eigenvalue weighted by Gasteiger charge is 2.23. The van der Waals surface area contributed by atoms with Crippen LogP contribution in [0, 0.1) is 5.41 Å². The summed E-state index contributed by atoms with van der Waals surface area (Å²) in [6.45, 7) is 3.96. The molecule has 0 aliphatic carbocycles. The summed E-state index contributed by atoms with van der Waals surface area (Å²) in [5.74, 6) is -0.533. The molecule has 0 saturated carbocycles. The Labute approximate surface area is 112 Å². The molecule has 0 rings (SSSR count). The normalized spacial score (nSPS) is 13.0. The van der Waals surface area contributed by atoms with E-state index in [9.17, 15) is 14.0 Å². The van der Waals surface area contributed by atoms with Crippen LogP contribution in [0.4, 0.5) is 9.18 Å². The van der Waals surface area contributed by atoms with Crippen molar-refractivity contribution in [1.29, 1.82) is 0 Å². The molecule has 1 amide bonds. The van der Waals surface area contributed by atoms with E-state index in [1.807, 2.05) is 0 Å². The molecule has 7 nitrogen and oxygen atoms in total. The molecule has 112 valence electrons. The van der Waals surface area contributed by atoms with Gasteiger partial charge in [0.15, 0.2) is 8.38 Å². The minimum absolute atomic E-state index is 0.411. The maximum atomic E-state index is 13.0. The molecule has 0 bridgehead atoms. The second-order valence-electron chi connectivity index (χ2n) is 4.76. The molecular formula is C10H19FNO6P. The highest BCUT2D eigenvalue weighted by atomic mass is 31.2. The van der Waals surface area contributed by atoms with E-state index < -0.39 is 51.5 Å². The van der Waals surface area contributed by atoms with Gasteiger partial charge in [0.05, 0.1) is 18.1 Å². The molecule has 0 aromatic heterocycles. The number of alkyl carbamates (subject to hydrolysis) is 1. The summed E-state index contributed by atoms with van der Waals surface area (Å²) in [6, 6.07) is 0. The summed E-state index contributed by atoms with van der Waals surface area (Å²) < 4.78 is 22.1. The Morgan fingerprint density at radius 2 is 1.89 bits per heavy atom. The predicted molar refractivity (Wildman–Crippen MR) is 66.0 cm³/mol. The molecule has 3 N–H and O–H groups in total. The van der Waals surface area contributed by atoms with Gasteiger partial charge < -0.3 is 24.6 Å². The number of alkyl halides is 1. The lowest BCUT2D eigenvalue weighted by Crippen LogP contribution is -2.33. The average Bonchev–Trinajstić information content (AvgIpc) is 2.24. The molecule has 0 spiro atoms. The second-order valence-corrected chi connectivity index (χ2v) is 5.87. The van der Waals surface area contributed by atoms with Crippen molar-refractivity contribution in [3.63, 3.8) is 0 Å². The summed E-state index contributed by atoms with van der Waals surface area (Å²) in [5.41, 5.74) is -0.705. The van der Waals surface area contributed by atoms with Gasteiger partial charge in [-0.2, -0.15) is 0 Å². The molecular weight excluding hydrogens is 280 g/mol. The number of amides is 1. The Kier molecular flexibility index (Phi) is 7.82. The zero-order chi connectivity index (χ0) is 15.1. The van der Waals surface area contributed by atoms with E-state index in [1.54, 1.807) is 20.8 Å². The Hall–Kier alpha value is -0.980. The largest absolute Gasteiger partial charge is 0.427 e. The number of ether oxygens (including phenoxy) is 2. The van der Waals surface area contributed by atoms with Crippen LogP contribution in [-0.4, -0.2) is 47.5 Å². The molecule has 0 aromatic rings. The van der Waals surface area contributed by atoms with Crippen LogP contribution < -0.4 is 5.32 Å². The summed E-state index contributed by atoms with van der Waals surface area (Å²) in [5, 5.41) is 2.06. The zero-order valence-corrected chi connectivity index (χ0v) is 11.9. The molecule has 0 aromatic carbocycles. The lowest BCUT2D eigenvalue weighted by atomic mass is 9.98. The highest BCUT2D eigenvalue weighted by molar-refractivity contribution is 7.45. The maximum absolute atomic E-state index is 13.0. The van der Waals surface area contributed by atoms with Crippen LogP contribution in [-0.2, 0) is 14.3 Å². The molecule has 0 aliphatic rings. The number of nitrogens with one attached hydrogen (secondary N) is 1. The van der Waals surface area contributed by atoms with Crippen LogP contribution in [0.1, 0.15) is 20.8 Å². The smallest absolute Gasteiger partial charge is 0.410 e. The third kappa shape index (κ3) is 9.58. The quantitative estimate of drug-likeness (QED) is 0.382. The SMILES string of the molecule is CC(C)(C)C(=O)OCOC(=O)NC[C@H](F)CP(O)O. The van der Waals surface area contributed by atoms with E-state index >= 15 is 0 Å². The van der Waals surface area contributed by atoms with Gasteiger partial charge in [-0.15, -0.1) is 0 Å². The van der Waals surface area contributed by atoms with Gasteiger partial charge in [0.1, 0.15) is 6.17 Å². The van der Waals surface area contributed by atoms with Gasteiger partial charge >= 0.3 is 12.1 Å². The number of rotatable bonds is 6.